The first-order valence-corrected chi connectivity index (χ1v) is 5.98. The summed E-state index contributed by atoms with van der Waals surface area (Å²) in [6.45, 7) is 0. The number of carbonyl (C=O) groups is 1. The summed E-state index contributed by atoms with van der Waals surface area (Å²) in [5.74, 6) is -0.824. The predicted molar refractivity (Wildman–Crippen MR) is 47.6 cm³/mol. The molecule has 78 valence electrons. The summed E-state index contributed by atoms with van der Waals surface area (Å²) in [6.07, 6.45) is 2.47. The van der Waals surface area contributed by atoms with Crippen molar-refractivity contribution in [3.05, 3.63) is 0 Å². The van der Waals surface area contributed by atoms with Gasteiger partial charge in [0.05, 0.1) is 0 Å². The number of hydrogen-bond acceptors (Lipinski definition) is 2. The first-order valence-electron chi connectivity index (χ1n) is 4.18. The van der Waals surface area contributed by atoms with Crippen LogP contribution in [0.2, 0.25) is 0 Å². The number of carboxylic acid groups (broad SMARTS) is 1. The minimum atomic E-state index is -3.85. The molecule has 0 saturated carbocycles. The van der Waals surface area contributed by atoms with Crippen molar-refractivity contribution in [3.8, 4) is 0 Å². The molecule has 0 aliphatic rings. The molecule has 0 unspecified atom stereocenters. The van der Waals surface area contributed by atoms with Crippen molar-refractivity contribution in [2.45, 2.75) is 32.1 Å². The smallest absolute Gasteiger partial charge is 0.325 e. The largest absolute Gasteiger partial charge is 0.481 e. The lowest BCUT2D eigenvalue weighted by molar-refractivity contribution is -0.137. The van der Waals surface area contributed by atoms with E-state index in [0.29, 0.717) is 25.7 Å². The van der Waals surface area contributed by atoms with Gasteiger partial charge in [-0.2, -0.15) is 0 Å². The standard InChI is InChI=1S/C7H15O5P/c8-7(9)5-3-1-2-4-6-13(10,11)12/h1-6H2,(H,8,9)(H2,10,11,12). The highest BCUT2D eigenvalue weighted by Gasteiger charge is 2.10. The molecule has 0 bridgehead atoms. The van der Waals surface area contributed by atoms with Gasteiger partial charge in [-0.1, -0.05) is 12.8 Å². The monoisotopic (exact) mass is 210 g/mol. The van der Waals surface area contributed by atoms with E-state index in [9.17, 15) is 9.36 Å². The number of carboxylic acids is 1. The van der Waals surface area contributed by atoms with Crippen molar-refractivity contribution >= 4 is 13.6 Å². The SMILES string of the molecule is O=C(O)CCCCCCP(=O)(O)O. The van der Waals surface area contributed by atoms with Gasteiger partial charge in [-0.25, -0.2) is 0 Å². The Bertz CT molecular complexity index is 197. The van der Waals surface area contributed by atoms with E-state index < -0.39 is 13.6 Å². The summed E-state index contributed by atoms with van der Waals surface area (Å²) in [6, 6.07) is 0. The Morgan fingerprint density at radius 1 is 1.08 bits per heavy atom. The average Bonchev–Trinajstić information content (AvgIpc) is 1.93. The van der Waals surface area contributed by atoms with Gasteiger partial charge < -0.3 is 14.9 Å². The highest BCUT2D eigenvalue weighted by atomic mass is 31.2. The van der Waals surface area contributed by atoms with Gasteiger partial charge in [-0.15, -0.1) is 0 Å². The van der Waals surface area contributed by atoms with Crippen molar-refractivity contribution in [2.75, 3.05) is 6.16 Å². The molecule has 0 aliphatic carbocycles. The number of aliphatic carboxylic acids is 1. The second-order valence-corrected chi connectivity index (χ2v) is 4.72. The van der Waals surface area contributed by atoms with Crippen LogP contribution >= 0.6 is 7.60 Å². The van der Waals surface area contributed by atoms with Gasteiger partial charge in [0.25, 0.3) is 0 Å². The Labute approximate surface area is 76.9 Å². The minimum Gasteiger partial charge on any atom is -0.481 e. The molecule has 5 nitrogen and oxygen atoms in total. The van der Waals surface area contributed by atoms with E-state index in [1.807, 2.05) is 0 Å². The molecule has 6 heteroatoms. The van der Waals surface area contributed by atoms with E-state index in [1.54, 1.807) is 0 Å². The van der Waals surface area contributed by atoms with E-state index in [0.717, 1.165) is 0 Å². The van der Waals surface area contributed by atoms with Gasteiger partial charge in [0.1, 0.15) is 0 Å². The first kappa shape index (κ1) is 12.6. The van der Waals surface area contributed by atoms with Crippen LogP contribution in [-0.2, 0) is 9.36 Å². The highest BCUT2D eigenvalue weighted by Crippen LogP contribution is 2.35. The Hall–Kier alpha value is -0.380. The van der Waals surface area contributed by atoms with Crippen LogP contribution < -0.4 is 0 Å². The highest BCUT2D eigenvalue weighted by molar-refractivity contribution is 7.51. The van der Waals surface area contributed by atoms with Crippen LogP contribution in [0.15, 0.2) is 0 Å². The van der Waals surface area contributed by atoms with Crippen molar-refractivity contribution in [1.82, 2.24) is 0 Å². The fourth-order valence-electron chi connectivity index (χ4n) is 0.948. The summed E-state index contributed by atoms with van der Waals surface area (Å²) < 4.78 is 10.4. The lowest BCUT2D eigenvalue weighted by Crippen LogP contribution is -1.94. The zero-order valence-electron chi connectivity index (χ0n) is 7.35. The molecule has 0 aromatic heterocycles. The molecule has 0 amide bonds. The number of rotatable bonds is 7. The van der Waals surface area contributed by atoms with Crippen molar-refractivity contribution in [1.29, 1.82) is 0 Å². The minimum absolute atomic E-state index is 0.0972. The van der Waals surface area contributed by atoms with Crippen LogP contribution in [0.5, 0.6) is 0 Å². The van der Waals surface area contributed by atoms with Crippen LogP contribution in [0.4, 0.5) is 0 Å². The van der Waals surface area contributed by atoms with Crippen LogP contribution in [0.1, 0.15) is 32.1 Å². The quantitative estimate of drug-likeness (QED) is 0.433. The van der Waals surface area contributed by atoms with Crippen LogP contribution in [0, 0.1) is 0 Å². The molecule has 0 radical (unpaired) electrons. The molecule has 0 saturated heterocycles. The Kier molecular flexibility index (Phi) is 5.95. The van der Waals surface area contributed by atoms with E-state index in [1.165, 1.54) is 0 Å². The molecule has 0 rings (SSSR count). The Morgan fingerprint density at radius 3 is 2.08 bits per heavy atom. The van der Waals surface area contributed by atoms with Crippen molar-refractivity contribution in [2.24, 2.45) is 0 Å². The summed E-state index contributed by atoms with van der Waals surface area (Å²) in [5, 5.41) is 8.27. The van der Waals surface area contributed by atoms with Crippen molar-refractivity contribution < 1.29 is 24.3 Å². The first-order chi connectivity index (χ1) is 5.92. The third kappa shape index (κ3) is 11.6. The normalized spacial score (nSPS) is 11.5. The van der Waals surface area contributed by atoms with Crippen LogP contribution in [-0.4, -0.2) is 27.0 Å². The van der Waals surface area contributed by atoms with Crippen LogP contribution in [0.3, 0.4) is 0 Å². The maximum atomic E-state index is 10.4. The van der Waals surface area contributed by atoms with E-state index >= 15 is 0 Å². The van der Waals surface area contributed by atoms with Gasteiger partial charge in [0.2, 0.25) is 0 Å². The second kappa shape index (κ2) is 6.13. The zero-order valence-corrected chi connectivity index (χ0v) is 8.24. The third-order valence-electron chi connectivity index (χ3n) is 1.59. The Balaban J connectivity index is 3.18. The molecule has 3 N–H and O–H groups in total. The van der Waals surface area contributed by atoms with Crippen LogP contribution in [0.25, 0.3) is 0 Å². The van der Waals surface area contributed by atoms with Crippen molar-refractivity contribution in [3.63, 3.8) is 0 Å². The van der Waals surface area contributed by atoms with E-state index in [2.05, 4.69) is 0 Å². The summed E-state index contributed by atoms with van der Waals surface area (Å²) in [7, 11) is -3.85. The number of unbranched alkanes of at least 4 members (excludes halogenated alkanes) is 3. The van der Waals surface area contributed by atoms with Gasteiger partial charge in [0, 0.05) is 12.6 Å². The molecular formula is C7H15O5P. The van der Waals surface area contributed by atoms with Gasteiger partial charge in [-0.05, 0) is 12.8 Å². The third-order valence-corrected chi connectivity index (χ3v) is 2.49. The number of hydrogen-bond donors (Lipinski definition) is 3. The molecule has 0 spiro atoms. The molecule has 0 heterocycles. The molecule has 0 aromatic carbocycles. The predicted octanol–water partition coefficient (Wildman–Crippen LogP) is 1.20. The second-order valence-electron chi connectivity index (χ2n) is 2.95. The summed E-state index contributed by atoms with van der Waals surface area (Å²) in [5.41, 5.74) is 0. The van der Waals surface area contributed by atoms with E-state index in [4.69, 9.17) is 14.9 Å². The molecule has 13 heavy (non-hydrogen) atoms. The lowest BCUT2D eigenvalue weighted by Gasteiger charge is -2.02. The van der Waals surface area contributed by atoms with Gasteiger partial charge in [0.15, 0.2) is 0 Å². The summed E-state index contributed by atoms with van der Waals surface area (Å²) >= 11 is 0. The average molecular weight is 210 g/mol. The zero-order chi connectivity index (χ0) is 10.3. The van der Waals surface area contributed by atoms with Gasteiger partial charge >= 0.3 is 13.6 Å². The Morgan fingerprint density at radius 2 is 1.62 bits per heavy atom. The molecule has 0 fully saturated rings. The molecular weight excluding hydrogens is 195 g/mol. The maximum absolute atomic E-state index is 10.4. The summed E-state index contributed by atoms with van der Waals surface area (Å²) in [4.78, 5) is 27.0. The topological polar surface area (TPSA) is 94.8 Å². The maximum Gasteiger partial charge on any atom is 0.325 e. The lowest BCUT2D eigenvalue weighted by atomic mass is 10.2. The van der Waals surface area contributed by atoms with E-state index in [-0.39, 0.29) is 12.6 Å². The fourth-order valence-corrected chi connectivity index (χ4v) is 1.58. The van der Waals surface area contributed by atoms with Gasteiger partial charge in [-0.3, -0.25) is 9.36 Å². The molecule has 0 atom stereocenters. The fraction of sp³-hybridized carbons (Fsp3) is 0.857. The molecule has 0 aromatic rings. The molecule has 0 aliphatic heterocycles.